The van der Waals surface area contributed by atoms with Crippen molar-refractivity contribution in [3.63, 3.8) is 0 Å². The highest BCUT2D eigenvalue weighted by atomic mass is 16.5. The monoisotopic (exact) mass is 266 g/mol. The predicted octanol–water partition coefficient (Wildman–Crippen LogP) is 2.39. The number of phenols is 1. The maximum atomic E-state index is 9.96. The van der Waals surface area contributed by atoms with E-state index in [1.165, 1.54) is 0 Å². The van der Waals surface area contributed by atoms with Crippen LogP contribution in [0.25, 0.3) is 0 Å². The van der Waals surface area contributed by atoms with Gasteiger partial charge in [0.2, 0.25) is 0 Å². The molecule has 0 aromatic heterocycles. The van der Waals surface area contributed by atoms with Crippen LogP contribution >= 0.6 is 0 Å². The Hall–Kier alpha value is -1.26. The van der Waals surface area contributed by atoms with Gasteiger partial charge in [-0.15, -0.1) is 0 Å². The molecule has 1 atom stereocenters. The molecule has 1 rings (SSSR count). The van der Waals surface area contributed by atoms with Crippen molar-refractivity contribution < 1.29 is 9.84 Å². The molecule has 108 valence electrons. The van der Waals surface area contributed by atoms with Gasteiger partial charge < -0.3 is 20.1 Å². The summed E-state index contributed by atoms with van der Waals surface area (Å²) < 4.78 is 5.08. The smallest absolute Gasteiger partial charge is 0.124 e. The molecule has 1 unspecified atom stereocenters. The van der Waals surface area contributed by atoms with E-state index in [9.17, 15) is 5.11 Å². The Morgan fingerprint density at radius 1 is 1.32 bits per heavy atom. The maximum absolute atomic E-state index is 9.96. The summed E-state index contributed by atoms with van der Waals surface area (Å²) in [6.07, 6.45) is 0. The highest BCUT2D eigenvalue weighted by Gasteiger charge is 2.11. The molecule has 0 saturated carbocycles. The van der Waals surface area contributed by atoms with Gasteiger partial charge in [0, 0.05) is 36.8 Å². The van der Waals surface area contributed by atoms with E-state index in [0.29, 0.717) is 11.8 Å². The lowest BCUT2D eigenvalue weighted by Crippen LogP contribution is -2.34. The van der Waals surface area contributed by atoms with Gasteiger partial charge in [0.1, 0.15) is 11.5 Å². The minimum Gasteiger partial charge on any atom is -0.507 e. The van der Waals surface area contributed by atoms with Gasteiger partial charge in [-0.3, -0.25) is 0 Å². The van der Waals surface area contributed by atoms with Crippen LogP contribution < -0.4 is 10.1 Å². The highest BCUT2D eigenvalue weighted by molar-refractivity contribution is 5.41. The molecule has 0 fully saturated rings. The fourth-order valence-electron chi connectivity index (χ4n) is 1.84. The molecule has 0 aliphatic carbocycles. The summed E-state index contributed by atoms with van der Waals surface area (Å²) in [6, 6.07) is 6.08. The molecule has 4 heteroatoms. The van der Waals surface area contributed by atoms with E-state index in [0.717, 1.165) is 18.7 Å². The fraction of sp³-hybridized carbons (Fsp3) is 0.600. The number of ether oxygens (including phenoxy) is 1. The number of likely N-dealkylation sites (N-methyl/N-ethyl adjacent to an activating group) is 1. The van der Waals surface area contributed by atoms with Crippen LogP contribution in [0.4, 0.5) is 0 Å². The van der Waals surface area contributed by atoms with Crippen molar-refractivity contribution in [3.05, 3.63) is 23.8 Å². The number of phenolic OH excluding ortho intramolecular Hbond substituents is 1. The lowest BCUT2D eigenvalue weighted by atomic mass is 10.1. The zero-order chi connectivity index (χ0) is 14.4. The zero-order valence-electron chi connectivity index (χ0n) is 12.6. The molecular weight excluding hydrogens is 240 g/mol. The molecule has 0 saturated heterocycles. The molecule has 1 aromatic rings. The van der Waals surface area contributed by atoms with Crippen LogP contribution in [0, 0.1) is 0 Å². The van der Waals surface area contributed by atoms with Gasteiger partial charge in [-0.25, -0.2) is 0 Å². The van der Waals surface area contributed by atoms with E-state index in [1.54, 1.807) is 13.2 Å². The number of rotatable bonds is 7. The summed E-state index contributed by atoms with van der Waals surface area (Å²) in [5.41, 5.74) is 0.896. The molecule has 0 bridgehead atoms. The fourth-order valence-corrected chi connectivity index (χ4v) is 1.84. The van der Waals surface area contributed by atoms with Crippen molar-refractivity contribution in [3.8, 4) is 11.5 Å². The van der Waals surface area contributed by atoms with Gasteiger partial charge >= 0.3 is 0 Å². The van der Waals surface area contributed by atoms with E-state index in [1.807, 2.05) is 12.1 Å². The molecule has 0 radical (unpaired) electrons. The summed E-state index contributed by atoms with van der Waals surface area (Å²) in [7, 11) is 3.71. The van der Waals surface area contributed by atoms with Gasteiger partial charge in [-0.05, 0) is 33.9 Å². The third kappa shape index (κ3) is 4.73. The first kappa shape index (κ1) is 15.8. The number of benzene rings is 1. The third-order valence-corrected chi connectivity index (χ3v) is 3.50. The Morgan fingerprint density at radius 3 is 2.53 bits per heavy atom. The number of hydrogen-bond donors (Lipinski definition) is 2. The minimum absolute atomic E-state index is 0.117. The van der Waals surface area contributed by atoms with E-state index in [4.69, 9.17) is 4.74 Å². The second kappa shape index (κ2) is 7.36. The first-order valence-electron chi connectivity index (χ1n) is 6.76. The molecule has 19 heavy (non-hydrogen) atoms. The van der Waals surface area contributed by atoms with E-state index in [-0.39, 0.29) is 11.8 Å². The van der Waals surface area contributed by atoms with Gasteiger partial charge in [-0.1, -0.05) is 6.07 Å². The molecule has 0 aliphatic heterocycles. The van der Waals surface area contributed by atoms with Crippen molar-refractivity contribution >= 4 is 0 Å². The van der Waals surface area contributed by atoms with Crippen LogP contribution in [-0.4, -0.2) is 43.3 Å². The van der Waals surface area contributed by atoms with Gasteiger partial charge in [-0.2, -0.15) is 0 Å². The summed E-state index contributed by atoms with van der Waals surface area (Å²) in [5.74, 6) is 0.949. The van der Waals surface area contributed by atoms with Gasteiger partial charge in [0.05, 0.1) is 7.11 Å². The summed E-state index contributed by atoms with van der Waals surface area (Å²) in [4.78, 5) is 2.29. The molecule has 0 heterocycles. The summed E-state index contributed by atoms with van der Waals surface area (Å²) in [5, 5.41) is 13.4. The van der Waals surface area contributed by atoms with Crippen LogP contribution in [0.15, 0.2) is 18.2 Å². The second-order valence-corrected chi connectivity index (χ2v) is 5.17. The van der Waals surface area contributed by atoms with E-state index < -0.39 is 0 Å². The van der Waals surface area contributed by atoms with Crippen LogP contribution in [-0.2, 0) is 0 Å². The Labute approximate surface area is 116 Å². The SMILES string of the molecule is COc1ccc(C(C)NCCN(C)C(C)C)c(O)c1. The quantitative estimate of drug-likeness (QED) is 0.795. The first-order valence-corrected chi connectivity index (χ1v) is 6.76. The maximum Gasteiger partial charge on any atom is 0.124 e. The molecule has 0 spiro atoms. The Bertz CT molecular complexity index is 394. The Morgan fingerprint density at radius 2 is 2.00 bits per heavy atom. The predicted molar refractivity (Wildman–Crippen MR) is 78.8 cm³/mol. The lowest BCUT2D eigenvalue weighted by Gasteiger charge is -2.23. The number of aromatic hydroxyl groups is 1. The third-order valence-electron chi connectivity index (χ3n) is 3.50. The lowest BCUT2D eigenvalue weighted by molar-refractivity contribution is 0.269. The van der Waals surface area contributed by atoms with Gasteiger partial charge in [0.15, 0.2) is 0 Å². The largest absolute Gasteiger partial charge is 0.507 e. The Kier molecular flexibility index (Phi) is 6.12. The average Bonchev–Trinajstić information content (AvgIpc) is 2.37. The average molecular weight is 266 g/mol. The Balaban J connectivity index is 2.51. The van der Waals surface area contributed by atoms with Crippen molar-refractivity contribution in [2.75, 3.05) is 27.2 Å². The highest BCUT2D eigenvalue weighted by Crippen LogP contribution is 2.28. The number of nitrogens with zero attached hydrogens (tertiary/aromatic N) is 1. The van der Waals surface area contributed by atoms with Crippen molar-refractivity contribution in [2.45, 2.75) is 32.9 Å². The molecule has 1 aromatic carbocycles. The van der Waals surface area contributed by atoms with Crippen molar-refractivity contribution in [2.24, 2.45) is 0 Å². The van der Waals surface area contributed by atoms with Crippen molar-refractivity contribution in [1.82, 2.24) is 10.2 Å². The zero-order valence-corrected chi connectivity index (χ0v) is 12.6. The minimum atomic E-state index is 0.117. The van der Waals surface area contributed by atoms with Crippen LogP contribution in [0.1, 0.15) is 32.4 Å². The second-order valence-electron chi connectivity index (χ2n) is 5.17. The standard InChI is InChI=1S/C15H26N2O2/c1-11(2)17(4)9-8-16-12(3)14-7-6-13(19-5)10-15(14)18/h6-7,10-12,16,18H,8-9H2,1-5H3. The normalized spacial score (nSPS) is 13.0. The van der Waals surface area contributed by atoms with Crippen molar-refractivity contribution in [1.29, 1.82) is 0 Å². The van der Waals surface area contributed by atoms with E-state index in [2.05, 4.69) is 38.0 Å². The molecule has 0 aliphatic rings. The number of nitrogens with one attached hydrogen (secondary N) is 1. The topological polar surface area (TPSA) is 44.7 Å². The van der Waals surface area contributed by atoms with Gasteiger partial charge in [0.25, 0.3) is 0 Å². The molecule has 4 nitrogen and oxygen atoms in total. The van der Waals surface area contributed by atoms with Crippen LogP contribution in [0.5, 0.6) is 11.5 Å². The summed E-state index contributed by atoms with van der Waals surface area (Å²) in [6.45, 7) is 8.29. The van der Waals surface area contributed by atoms with E-state index >= 15 is 0 Å². The molecule has 0 amide bonds. The number of methoxy groups -OCH3 is 1. The molecular formula is C15H26N2O2. The summed E-state index contributed by atoms with van der Waals surface area (Å²) >= 11 is 0. The first-order chi connectivity index (χ1) is 8.95. The number of hydrogen-bond acceptors (Lipinski definition) is 4. The molecule has 2 N–H and O–H groups in total. The van der Waals surface area contributed by atoms with Crippen LogP contribution in [0.2, 0.25) is 0 Å². The van der Waals surface area contributed by atoms with Crippen LogP contribution in [0.3, 0.4) is 0 Å².